The summed E-state index contributed by atoms with van der Waals surface area (Å²) in [7, 11) is -1.56. The first-order valence-corrected chi connectivity index (χ1v) is 10.5. The van der Waals surface area contributed by atoms with Gasteiger partial charge in [0.1, 0.15) is 13.1 Å². The third kappa shape index (κ3) is 6.99. The molecule has 3 rings (SSSR count). The van der Waals surface area contributed by atoms with Crippen LogP contribution in [-0.2, 0) is 24.1 Å². The number of nitrogens with one attached hydrogen (secondary N) is 1. The third-order valence-electron chi connectivity index (χ3n) is 4.55. The summed E-state index contributed by atoms with van der Waals surface area (Å²) in [6.45, 7) is 1.35. The Bertz CT molecular complexity index is 772. The Kier molecular flexibility index (Phi) is 9.53. The lowest BCUT2D eigenvalue weighted by atomic mass is 10.1. The topological polar surface area (TPSA) is 64.8 Å². The molecule has 0 bridgehead atoms. The SMILES string of the molecule is CO.O=[P+]([O-])[C@H](Cc1ccccc1)[NH+](Cc1ccccc1)Cc1ccccc1. The van der Waals surface area contributed by atoms with Crippen molar-refractivity contribution in [2.45, 2.75) is 25.3 Å². The highest BCUT2D eigenvalue weighted by Gasteiger charge is 2.33. The average Bonchev–Trinajstić information content (AvgIpc) is 2.75. The summed E-state index contributed by atoms with van der Waals surface area (Å²) < 4.78 is 12.1. The molecule has 0 radical (unpaired) electrons. The van der Waals surface area contributed by atoms with Crippen molar-refractivity contribution in [1.82, 2.24) is 0 Å². The molecule has 0 fully saturated rings. The van der Waals surface area contributed by atoms with Gasteiger partial charge in [0, 0.05) is 18.2 Å². The summed E-state index contributed by atoms with van der Waals surface area (Å²) in [4.78, 5) is 13.2. The van der Waals surface area contributed by atoms with E-state index in [4.69, 9.17) is 5.11 Å². The predicted octanol–water partition coefficient (Wildman–Crippen LogP) is 2.55. The van der Waals surface area contributed by atoms with Crippen molar-refractivity contribution in [2.75, 3.05) is 7.11 Å². The highest BCUT2D eigenvalue weighted by atomic mass is 31.1. The minimum absolute atomic E-state index is 0.465. The first-order chi connectivity index (χ1) is 13.7. The first kappa shape index (κ1) is 21.9. The molecule has 0 aliphatic heterocycles. The number of benzene rings is 3. The zero-order valence-electron chi connectivity index (χ0n) is 16.1. The largest absolute Gasteiger partial charge is 0.591 e. The van der Waals surface area contributed by atoms with Gasteiger partial charge in [-0.15, -0.1) is 0 Å². The summed E-state index contributed by atoms with van der Waals surface area (Å²) in [6, 6.07) is 30.0. The van der Waals surface area contributed by atoms with E-state index in [0.717, 1.165) is 28.7 Å². The Morgan fingerprint density at radius 1 is 0.750 bits per heavy atom. The Labute approximate surface area is 168 Å². The molecule has 0 saturated carbocycles. The lowest BCUT2D eigenvalue weighted by Crippen LogP contribution is -3.13. The van der Waals surface area contributed by atoms with E-state index in [0.29, 0.717) is 19.5 Å². The van der Waals surface area contributed by atoms with Crippen molar-refractivity contribution in [3.63, 3.8) is 0 Å². The van der Waals surface area contributed by atoms with Crippen LogP contribution in [0.5, 0.6) is 0 Å². The molecule has 0 spiro atoms. The fraction of sp³-hybridized carbons (Fsp3) is 0.217. The number of quaternary nitrogens is 1. The third-order valence-corrected chi connectivity index (χ3v) is 5.60. The number of rotatable bonds is 8. The van der Waals surface area contributed by atoms with Crippen molar-refractivity contribution in [2.24, 2.45) is 0 Å². The van der Waals surface area contributed by atoms with E-state index in [1.165, 1.54) is 0 Å². The molecule has 0 saturated heterocycles. The monoisotopic (exact) mass is 396 g/mol. The second-order valence-electron chi connectivity index (χ2n) is 6.47. The fourth-order valence-electron chi connectivity index (χ4n) is 3.22. The van der Waals surface area contributed by atoms with Gasteiger partial charge in [-0.1, -0.05) is 95.6 Å². The van der Waals surface area contributed by atoms with Gasteiger partial charge < -0.3 is 10.00 Å². The summed E-state index contributed by atoms with van der Waals surface area (Å²) >= 11 is 0. The summed E-state index contributed by atoms with van der Waals surface area (Å²) in [5.41, 5.74) is 3.34. The first-order valence-electron chi connectivity index (χ1n) is 9.27. The molecule has 1 unspecified atom stereocenters. The molecule has 28 heavy (non-hydrogen) atoms. The minimum atomic E-state index is -2.56. The molecular weight excluding hydrogens is 369 g/mol. The zero-order chi connectivity index (χ0) is 20.2. The highest BCUT2D eigenvalue weighted by Crippen LogP contribution is 2.18. The molecule has 146 valence electrons. The van der Waals surface area contributed by atoms with Gasteiger partial charge in [0.25, 0.3) is 5.78 Å². The van der Waals surface area contributed by atoms with Gasteiger partial charge in [-0.05, 0) is 5.56 Å². The van der Waals surface area contributed by atoms with Gasteiger partial charge in [0.05, 0.1) is 6.42 Å². The highest BCUT2D eigenvalue weighted by molar-refractivity contribution is 7.37. The van der Waals surface area contributed by atoms with Crippen LogP contribution in [-0.4, -0.2) is 18.0 Å². The number of hydrogen-bond donors (Lipinski definition) is 2. The van der Waals surface area contributed by atoms with Crippen LogP contribution < -0.4 is 9.79 Å². The normalized spacial score (nSPS) is 12.1. The van der Waals surface area contributed by atoms with Crippen molar-refractivity contribution >= 4 is 8.03 Å². The van der Waals surface area contributed by atoms with Crippen molar-refractivity contribution < 1.29 is 19.5 Å². The van der Waals surface area contributed by atoms with Crippen LogP contribution in [0.2, 0.25) is 0 Å². The maximum Gasteiger partial charge on any atom is 0.373 e. The second-order valence-corrected chi connectivity index (χ2v) is 7.67. The van der Waals surface area contributed by atoms with E-state index in [2.05, 4.69) is 24.3 Å². The average molecular weight is 396 g/mol. The smallest absolute Gasteiger partial charge is 0.373 e. The number of hydrogen-bond acceptors (Lipinski definition) is 3. The maximum atomic E-state index is 12.1. The zero-order valence-corrected chi connectivity index (χ0v) is 17.0. The van der Waals surface area contributed by atoms with Gasteiger partial charge >= 0.3 is 8.03 Å². The predicted molar refractivity (Wildman–Crippen MR) is 111 cm³/mol. The molecule has 0 aromatic heterocycles. The molecule has 0 amide bonds. The van der Waals surface area contributed by atoms with Crippen LogP contribution in [0.1, 0.15) is 16.7 Å². The van der Waals surface area contributed by atoms with Gasteiger partial charge in [0.2, 0.25) is 0 Å². The molecule has 3 aromatic rings. The summed E-state index contributed by atoms with van der Waals surface area (Å²) in [5, 5.41) is 7.00. The van der Waals surface area contributed by atoms with E-state index in [1.807, 2.05) is 66.7 Å². The maximum absolute atomic E-state index is 12.1. The van der Waals surface area contributed by atoms with E-state index in [9.17, 15) is 9.46 Å². The summed E-state index contributed by atoms with van der Waals surface area (Å²) in [5.74, 6) is -0.465. The fourth-order valence-corrected chi connectivity index (χ4v) is 4.06. The van der Waals surface area contributed by atoms with Crippen molar-refractivity contribution in [1.29, 1.82) is 0 Å². The summed E-state index contributed by atoms with van der Waals surface area (Å²) in [6.07, 6.45) is 0.522. The van der Waals surface area contributed by atoms with Crippen LogP contribution in [0.4, 0.5) is 0 Å². The molecule has 0 aliphatic carbocycles. The molecule has 0 aliphatic rings. The standard InChI is InChI=1S/C22H22NO2P.CH4O/c24-26(25)22(16-19-10-4-1-5-11-19)23(17-20-12-6-2-7-13-20)18-21-14-8-3-9-15-21;1-2/h1-15,22H,16-18H2;2H,1H3/p+1/t22-;/m1./s1. The van der Waals surface area contributed by atoms with E-state index in [-0.39, 0.29) is 0 Å². The Morgan fingerprint density at radius 2 is 1.11 bits per heavy atom. The molecule has 3 aromatic carbocycles. The molecule has 4 nitrogen and oxygen atoms in total. The molecule has 5 heteroatoms. The van der Waals surface area contributed by atoms with Crippen molar-refractivity contribution in [3.05, 3.63) is 108 Å². The quantitative estimate of drug-likeness (QED) is 0.575. The Balaban J connectivity index is 0.00000136. The van der Waals surface area contributed by atoms with Crippen LogP contribution in [0.3, 0.4) is 0 Å². The molecule has 2 atom stereocenters. The number of aliphatic hydroxyl groups excluding tert-OH is 1. The Morgan fingerprint density at radius 3 is 1.46 bits per heavy atom. The van der Waals surface area contributed by atoms with Crippen molar-refractivity contribution in [3.8, 4) is 0 Å². The molecule has 0 heterocycles. The van der Waals surface area contributed by atoms with E-state index >= 15 is 0 Å². The van der Waals surface area contributed by atoms with Crippen LogP contribution in [0.15, 0.2) is 91.0 Å². The molecular formula is C23H27NO3P+. The second kappa shape index (κ2) is 12.2. The van der Waals surface area contributed by atoms with E-state index < -0.39 is 13.8 Å². The van der Waals surface area contributed by atoms with Gasteiger partial charge in [0.15, 0.2) is 0 Å². The lowest BCUT2D eigenvalue weighted by molar-refractivity contribution is -0.939. The Hall–Kier alpha value is -2.36. The lowest BCUT2D eigenvalue weighted by Gasteiger charge is -2.23. The molecule has 2 N–H and O–H groups in total. The minimum Gasteiger partial charge on any atom is -0.591 e. The van der Waals surface area contributed by atoms with Crippen LogP contribution in [0.25, 0.3) is 0 Å². The number of aliphatic hydroxyl groups is 1. The van der Waals surface area contributed by atoms with E-state index in [1.54, 1.807) is 0 Å². The van der Waals surface area contributed by atoms with Gasteiger partial charge in [-0.2, -0.15) is 0 Å². The van der Waals surface area contributed by atoms with Gasteiger partial charge in [-0.25, -0.2) is 0 Å². The van der Waals surface area contributed by atoms with Gasteiger partial charge in [-0.3, -0.25) is 4.90 Å². The van der Waals surface area contributed by atoms with Crippen LogP contribution >= 0.6 is 8.03 Å². The van der Waals surface area contributed by atoms with Crippen LogP contribution in [0, 0.1) is 0 Å².